The molecule has 0 aliphatic carbocycles. The van der Waals surface area contributed by atoms with Crippen LogP contribution in [0.25, 0.3) is 5.57 Å². The van der Waals surface area contributed by atoms with E-state index in [1.165, 1.54) is 16.1 Å². The highest BCUT2D eigenvalue weighted by Crippen LogP contribution is 2.44. The van der Waals surface area contributed by atoms with Crippen LogP contribution in [0.15, 0.2) is 66.6 Å². The lowest BCUT2D eigenvalue weighted by Gasteiger charge is -2.33. The highest BCUT2D eigenvalue weighted by molar-refractivity contribution is 7.10. The smallest absolute Gasteiger partial charge is 0.130 e. The molecule has 2 unspecified atom stereocenters. The summed E-state index contributed by atoms with van der Waals surface area (Å²) in [6, 6.07) is 13.0. The van der Waals surface area contributed by atoms with E-state index in [2.05, 4.69) is 65.5 Å². The van der Waals surface area contributed by atoms with Gasteiger partial charge in [-0.15, -0.1) is 11.3 Å². The van der Waals surface area contributed by atoms with Crippen molar-refractivity contribution in [3.05, 3.63) is 82.6 Å². The molecule has 2 aromatic rings. The molecule has 1 N–H and O–H groups in total. The molecule has 1 aliphatic heterocycles. The van der Waals surface area contributed by atoms with Gasteiger partial charge in [0.15, 0.2) is 0 Å². The number of allylic oxidation sites excluding steroid dienone is 5. The lowest BCUT2D eigenvalue weighted by molar-refractivity contribution is -0.118. The number of likely N-dealkylation sites (N-methyl/N-ethyl adjacent to an activating group) is 1. The minimum Gasteiger partial charge on any atom is -0.369 e. The Morgan fingerprint density at radius 2 is 2.16 bits per heavy atom. The van der Waals surface area contributed by atoms with E-state index in [0.29, 0.717) is 12.8 Å². The molecular formula is C27H31N3OS. The highest BCUT2D eigenvalue weighted by Gasteiger charge is 2.48. The van der Waals surface area contributed by atoms with Crippen molar-refractivity contribution >= 4 is 28.4 Å². The molecule has 0 saturated carbocycles. The van der Waals surface area contributed by atoms with Gasteiger partial charge in [-0.05, 0) is 55.6 Å². The first kappa shape index (κ1) is 23.7. The lowest BCUT2D eigenvalue weighted by atomic mass is 9.82. The third-order valence-corrected chi connectivity index (χ3v) is 7.26. The van der Waals surface area contributed by atoms with Crippen LogP contribution in [0.2, 0.25) is 0 Å². The molecule has 5 heteroatoms. The fourth-order valence-corrected chi connectivity index (χ4v) is 5.67. The van der Waals surface area contributed by atoms with Crippen LogP contribution in [-0.4, -0.2) is 25.9 Å². The molecule has 2 heterocycles. The number of nitrogens with zero attached hydrogens (tertiary/aromatic N) is 2. The van der Waals surface area contributed by atoms with Gasteiger partial charge in [-0.1, -0.05) is 48.6 Å². The SMILES string of the molecule is C=C/C=C\C(=C/CC#N)c1csc(C2(NC)CN(c3ccc(C)cc3)CC2CC(C)=O)c1. The zero-order chi connectivity index (χ0) is 23.1. The molecule has 1 saturated heterocycles. The van der Waals surface area contributed by atoms with Gasteiger partial charge in [0.2, 0.25) is 0 Å². The maximum absolute atomic E-state index is 12.2. The Kier molecular flexibility index (Phi) is 7.84. The molecular weight excluding hydrogens is 414 g/mol. The van der Waals surface area contributed by atoms with E-state index in [4.69, 9.17) is 5.26 Å². The molecule has 1 aromatic heterocycles. The van der Waals surface area contributed by atoms with Crippen LogP contribution >= 0.6 is 11.3 Å². The normalized spacial score (nSPS) is 21.1. The van der Waals surface area contributed by atoms with Gasteiger partial charge in [0, 0.05) is 36.0 Å². The number of ketones is 1. The number of rotatable bonds is 9. The van der Waals surface area contributed by atoms with E-state index >= 15 is 0 Å². The van der Waals surface area contributed by atoms with Gasteiger partial charge in [0.1, 0.15) is 5.78 Å². The molecule has 4 nitrogen and oxygen atoms in total. The molecule has 1 fully saturated rings. The molecule has 3 rings (SSSR count). The van der Waals surface area contributed by atoms with Crippen molar-refractivity contribution < 1.29 is 4.79 Å². The molecule has 1 aromatic carbocycles. The number of thiophene rings is 1. The van der Waals surface area contributed by atoms with Crippen LogP contribution in [0.1, 0.15) is 35.8 Å². The van der Waals surface area contributed by atoms with Crippen molar-refractivity contribution in [2.24, 2.45) is 5.92 Å². The Morgan fingerprint density at radius 1 is 1.41 bits per heavy atom. The van der Waals surface area contributed by atoms with Crippen LogP contribution < -0.4 is 10.2 Å². The second-order valence-electron chi connectivity index (χ2n) is 8.36. The zero-order valence-electron chi connectivity index (χ0n) is 19.1. The highest BCUT2D eigenvalue weighted by atomic mass is 32.1. The number of nitriles is 1. The summed E-state index contributed by atoms with van der Waals surface area (Å²) in [5.41, 5.74) is 4.20. The minimum absolute atomic E-state index is 0.160. The standard InChI is InChI=1S/C27H31N3OS/c1-5-6-8-22(9-7-14-28)23-16-26(32-18-23)27(29-4)19-30(17-24(27)15-21(3)31)25-12-10-20(2)11-13-25/h5-6,8-13,16,18,24,29H,1,7,15,17,19H2,2-4H3/b8-6-,22-9+. The van der Waals surface area contributed by atoms with Gasteiger partial charge in [-0.25, -0.2) is 0 Å². The lowest BCUT2D eigenvalue weighted by Crippen LogP contribution is -2.47. The van der Waals surface area contributed by atoms with Crippen molar-refractivity contribution in [1.29, 1.82) is 5.26 Å². The summed E-state index contributed by atoms with van der Waals surface area (Å²) >= 11 is 1.71. The van der Waals surface area contributed by atoms with Gasteiger partial charge in [-0.3, -0.25) is 0 Å². The zero-order valence-corrected chi connectivity index (χ0v) is 19.9. The summed E-state index contributed by atoms with van der Waals surface area (Å²) in [4.78, 5) is 15.8. The van der Waals surface area contributed by atoms with E-state index in [9.17, 15) is 4.79 Å². The van der Waals surface area contributed by atoms with Crippen LogP contribution in [0, 0.1) is 24.2 Å². The predicted octanol–water partition coefficient (Wildman–Crippen LogP) is 5.63. The summed E-state index contributed by atoms with van der Waals surface area (Å²) in [7, 11) is 2.00. The summed E-state index contributed by atoms with van der Waals surface area (Å²) < 4.78 is 0. The first-order valence-corrected chi connectivity index (χ1v) is 11.8. The summed E-state index contributed by atoms with van der Waals surface area (Å²) in [6.45, 7) is 9.15. The van der Waals surface area contributed by atoms with Gasteiger partial charge in [0.25, 0.3) is 0 Å². The average molecular weight is 446 g/mol. The number of Topliss-reactive ketones (excluding diaryl/α,β-unsaturated/α-hetero) is 1. The van der Waals surface area contributed by atoms with Gasteiger partial charge in [-0.2, -0.15) is 5.26 Å². The third-order valence-electron chi connectivity index (χ3n) is 6.15. The predicted molar refractivity (Wildman–Crippen MR) is 135 cm³/mol. The monoisotopic (exact) mass is 445 g/mol. The molecule has 0 bridgehead atoms. The number of anilines is 1. The molecule has 2 atom stereocenters. The fourth-order valence-electron chi connectivity index (χ4n) is 4.47. The van der Waals surface area contributed by atoms with Gasteiger partial charge < -0.3 is 15.0 Å². The quantitative estimate of drug-likeness (QED) is 0.509. The van der Waals surface area contributed by atoms with Crippen molar-refractivity contribution in [2.45, 2.75) is 32.2 Å². The Balaban J connectivity index is 2.00. The first-order valence-electron chi connectivity index (χ1n) is 10.9. The molecule has 0 amide bonds. The Bertz CT molecular complexity index is 1060. The van der Waals surface area contributed by atoms with Crippen LogP contribution in [-0.2, 0) is 10.3 Å². The molecule has 1 aliphatic rings. The maximum atomic E-state index is 12.2. The summed E-state index contributed by atoms with van der Waals surface area (Å²) in [5.74, 6) is 0.369. The van der Waals surface area contributed by atoms with E-state index in [0.717, 1.165) is 24.2 Å². The van der Waals surface area contributed by atoms with Crippen molar-refractivity contribution in [3.8, 4) is 6.07 Å². The van der Waals surface area contributed by atoms with Crippen molar-refractivity contribution in [3.63, 3.8) is 0 Å². The number of hydrogen-bond acceptors (Lipinski definition) is 5. The number of aryl methyl sites for hydroxylation is 1. The van der Waals surface area contributed by atoms with Gasteiger partial charge in [0.05, 0.1) is 18.0 Å². The van der Waals surface area contributed by atoms with Gasteiger partial charge >= 0.3 is 0 Å². The Labute approximate surface area is 195 Å². The average Bonchev–Trinajstić information content (AvgIpc) is 3.40. The number of carbonyl (C=O) groups excluding carboxylic acids is 1. The number of carbonyl (C=O) groups is 1. The van der Waals surface area contributed by atoms with Crippen molar-refractivity contribution in [1.82, 2.24) is 5.32 Å². The van der Waals surface area contributed by atoms with Crippen LogP contribution in [0.4, 0.5) is 5.69 Å². The molecule has 166 valence electrons. The summed E-state index contributed by atoms with van der Waals surface area (Å²) in [5, 5.41) is 14.8. The Morgan fingerprint density at radius 3 is 2.78 bits per heavy atom. The largest absolute Gasteiger partial charge is 0.369 e. The number of benzene rings is 1. The van der Waals surface area contributed by atoms with E-state index < -0.39 is 0 Å². The van der Waals surface area contributed by atoms with Crippen LogP contribution in [0.5, 0.6) is 0 Å². The third kappa shape index (κ3) is 5.09. The van der Waals surface area contributed by atoms with Crippen LogP contribution in [0.3, 0.4) is 0 Å². The topological polar surface area (TPSA) is 56.1 Å². The number of hydrogen-bond donors (Lipinski definition) is 1. The summed E-state index contributed by atoms with van der Waals surface area (Å²) in [6.07, 6.45) is 8.45. The van der Waals surface area contributed by atoms with E-state index in [1.807, 2.05) is 25.3 Å². The molecule has 0 spiro atoms. The maximum Gasteiger partial charge on any atom is 0.130 e. The number of nitrogens with one attached hydrogen (secondary N) is 1. The second-order valence-corrected chi connectivity index (χ2v) is 9.27. The molecule has 32 heavy (non-hydrogen) atoms. The van der Waals surface area contributed by atoms with E-state index in [1.54, 1.807) is 24.3 Å². The Hall–Kier alpha value is -2.94. The van der Waals surface area contributed by atoms with E-state index in [-0.39, 0.29) is 17.2 Å². The first-order chi connectivity index (χ1) is 15.4. The molecule has 0 radical (unpaired) electrons. The fraction of sp³-hybridized carbons (Fsp3) is 0.333. The van der Waals surface area contributed by atoms with Crippen molar-refractivity contribution in [2.75, 3.05) is 25.0 Å². The minimum atomic E-state index is -0.317. The second kappa shape index (κ2) is 10.6.